The maximum atomic E-state index is 13.8. The number of halogens is 1. The van der Waals surface area contributed by atoms with Crippen molar-refractivity contribution in [3.63, 3.8) is 0 Å². The summed E-state index contributed by atoms with van der Waals surface area (Å²) >= 11 is 0. The lowest BCUT2D eigenvalue weighted by Gasteiger charge is -2.32. The van der Waals surface area contributed by atoms with Crippen molar-refractivity contribution in [1.29, 1.82) is 0 Å². The lowest BCUT2D eigenvalue weighted by Crippen LogP contribution is -2.30. The first-order chi connectivity index (χ1) is 15.0. The Morgan fingerprint density at radius 2 is 1.97 bits per heavy atom. The predicted molar refractivity (Wildman–Crippen MR) is 119 cm³/mol. The molecule has 1 aliphatic carbocycles. The Balaban J connectivity index is 1.41. The summed E-state index contributed by atoms with van der Waals surface area (Å²) in [6, 6.07) is 8.34. The van der Waals surface area contributed by atoms with Crippen molar-refractivity contribution in [2.24, 2.45) is 11.8 Å². The second kappa shape index (κ2) is 8.88. The number of nitrogen functional groups attached to an aromatic ring is 1. The second-order valence-electron chi connectivity index (χ2n) is 8.27. The van der Waals surface area contributed by atoms with E-state index in [-0.39, 0.29) is 23.6 Å². The zero-order chi connectivity index (χ0) is 22.0. The summed E-state index contributed by atoms with van der Waals surface area (Å²) in [4.78, 5) is 21.3. The molecule has 3 N–H and O–H groups in total. The molecule has 0 saturated heterocycles. The van der Waals surface area contributed by atoms with Crippen molar-refractivity contribution in [3.8, 4) is 5.88 Å². The van der Waals surface area contributed by atoms with Crippen molar-refractivity contribution < 1.29 is 13.9 Å². The third kappa shape index (κ3) is 4.45. The van der Waals surface area contributed by atoms with Gasteiger partial charge in [0.25, 0.3) is 0 Å². The Morgan fingerprint density at radius 3 is 2.68 bits per heavy atom. The van der Waals surface area contributed by atoms with Gasteiger partial charge in [0.15, 0.2) is 0 Å². The fourth-order valence-electron chi connectivity index (χ4n) is 4.55. The summed E-state index contributed by atoms with van der Waals surface area (Å²) in [5, 5.41) is 3.79. The lowest BCUT2D eigenvalue weighted by atomic mass is 9.73. The van der Waals surface area contributed by atoms with Gasteiger partial charge < -0.3 is 15.8 Å². The third-order valence-corrected chi connectivity index (χ3v) is 6.45. The van der Waals surface area contributed by atoms with E-state index in [0.717, 1.165) is 42.1 Å². The fraction of sp³-hybridized carbons (Fsp3) is 0.375. The van der Waals surface area contributed by atoms with Crippen molar-refractivity contribution in [1.82, 2.24) is 9.97 Å². The summed E-state index contributed by atoms with van der Waals surface area (Å²) in [6.07, 6.45) is 7.12. The molecule has 1 atom stereocenters. The van der Waals surface area contributed by atoms with Gasteiger partial charge in [0.05, 0.1) is 30.2 Å². The summed E-state index contributed by atoms with van der Waals surface area (Å²) < 4.78 is 18.8. The molecule has 1 saturated carbocycles. The zero-order valence-corrected chi connectivity index (χ0v) is 17.8. The normalized spacial score (nSPS) is 19.7. The minimum atomic E-state index is -0.243. The average molecular weight is 423 g/mol. The molecule has 0 unspecified atom stereocenters. The number of carbonyl (C=O) groups is 1. The molecule has 1 aliphatic rings. The van der Waals surface area contributed by atoms with Crippen LogP contribution < -0.4 is 15.8 Å². The largest absolute Gasteiger partial charge is 0.481 e. The van der Waals surface area contributed by atoms with Crippen LogP contribution in [0.2, 0.25) is 0 Å². The van der Waals surface area contributed by atoms with Crippen LogP contribution in [-0.4, -0.2) is 23.0 Å². The maximum Gasteiger partial charge on any atom is 0.227 e. The quantitative estimate of drug-likeness (QED) is 0.610. The highest BCUT2D eigenvalue weighted by Crippen LogP contribution is 2.41. The molecule has 7 heteroatoms. The minimum absolute atomic E-state index is 0.0569. The van der Waals surface area contributed by atoms with Crippen LogP contribution in [0.5, 0.6) is 5.88 Å². The van der Waals surface area contributed by atoms with Gasteiger partial charge in [-0.15, -0.1) is 0 Å². The van der Waals surface area contributed by atoms with Gasteiger partial charge >= 0.3 is 0 Å². The Bertz CT molecular complexity index is 1100. The van der Waals surface area contributed by atoms with Crippen molar-refractivity contribution in [3.05, 3.63) is 54.1 Å². The first-order valence-corrected chi connectivity index (χ1v) is 10.6. The number of nitrogens with one attached hydrogen (secondary N) is 1. The molecule has 4 rings (SSSR count). The molecule has 1 aromatic carbocycles. The molecule has 0 bridgehead atoms. The molecule has 1 amide bonds. The van der Waals surface area contributed by atoms with Gasteiger partial charge in [0, 0.05) is 23.6 Å². The van der Waals surface area contributed by atoms with E-state index in [2.05, 4.69) is 15.3 Å². The molecule has 31 heavy (non-hydrogen) atoms. The number of rotatable bonds is 5. The predicted octanol–water partition coefficient (Wildman–Crippen LogP) is 4.91. The van der Waals surface area contributed by atoms with E-state index in [4.69, 9.17) is 10.5 Å². The Kier molecular flexibility index (Phi) is 6.02. The maximum absolute atomic E-state index is 13.8. The molecular formula is C24H27FN4O2. The Labute approximate surface area is 181 Å². The van der Waals surface area contributed by atoms with Crippen LogP contribution in [0.1, 0.15) is 44.1 Å². The number of hydrogen-bond donors (Lipinski definition) is 2. The first-order valence-electron chi connectivity index (χ1n) is 10.6. The molecule has 0 spiro atoms. The van der Waals surface area contributed by atoms with Crippen molar-refractivity contribution >= 4 is 28.2 Å². The number of pyridine rings is 2. The number of nitrogens with two attached hydrogens (primary N) is 1. The standard InChI is InChI=1S/C24H27FN4O2/c1-14(24(30)29-22-13-28-23(31-2)12-20(22)26)15-3-5-16(6-4-15)18-9-10-27-21-8-7-17(25)11-19(18)21/h7-16H,3-6H2,1-2H3,(H2,26,28)(H,29,30)/t14-,15?,16?/m1/s1. The smallest absolute Gasteiger partial charge is 0.227 e. The van der Waals surface area contributed by atoms with E-state index >= 15 is 0 Å². The fourth-order valence-corrected chi connectivity index (χ4v) is 4.55. The number of methoxy groups -OCH3 is 1. The van der Waals surface area contributed by atoms with Gasteiger partial charge in [-0.05, 0) is 67.3 Å². The Morgan fingerprint density at radius 1 is 1.19 bits per heavy atom. The van der Waals surface area contributed by atoms with E-state index in [9.17, 15) is 9.18 Å². The summed E-state index contributed by atoms with van der Waals surface area (Å²) in [5.74, 6) is 0.597. The SMILES string of the molecule is COc1cc(N)c(NC(=O)[C@H](C)C2CCC(c3ccnc4ccc(F)cc34)CC2)cn1. The summed E-state index contributed by atoms with van der Waals surface area (Å²) in [5.41, 5.74) is 8.89. The number of benzene rings is 1. The van der Waals surface area contributed by atoms with Gasteiger partial charge in [-0.2, -0.15) is 0 Å². The van der Waals surface area contributed by atoms with Crippen LogP contribution in [0.15, 0.2) is 42.7 Å². The van der Waals surface area contributed by atoms with Crippen LogP contribution in [0, 0.1) is 17.7 Å². The van der Waals surface area contributed by atoms with E-state index < -0.39 is 0 Å². The number of carbonyl (C=O) groups excluding carboxylic acids is 1. The zero-order valence-electron chi connectivity index (χ0n) is 17.8. The monoisotopic (exact) mass is 422 g/mol. The summed E-state index contributed by atoms with van der Waals surface area (Å²) in [6.45, 7) is 1.96. The van der Waals surface area contributed by atoms with Crippen LogP contribution in [0.3, 0.4) is 0 Å². The van der Waals surface area contributed by atoms with E-state index in [1.165, 1.54) is 19.4 Å². The van der Waals surface area contributed by atoms with Crippen LogP contribution in [-0.2, 0) is 4.79 Å². The van der Waals surface area contributed by atoms with Gasteiger partial charge in [0.1, 0.15) is 5.82 Å². The number of nitrogens with zero attached hydrogens (tertiary/aromatic N) is 2. The third-order valence-electron chi connectivity index (χ3n) is 6.45. The summed E-state index contributed by atoms with van der Waals surface area (Å²) in [7, 11) is 1.52. The molecule has 6 nitrogen and oxygen atoms in total. The molecule has 0 radical (unpaired) electrons. The molecule has 2 heterocycles. The molecule has 0 aliphatic heterocycles. The number of amides is 1. The van der Waals surface area contributed by atoms with Gasteiger partial charge in [0.2, 0.25) is 11.8 Å². The van der Waals surface area contributed by atoms with E-state index in [1.807, 2.05) is 13.0 Å². The van der Waals surface area contributed by atoms with E-state index in [1.54, 1.807) is 24.4 Å². The average Bonchev–Trinajstić information content (AvgIpc) is 2.79. The highest BCUT2D eigenvalue weighted by molar-refractivity contribution is 5.95. The molecule has 162 valence electrons. The topological polar surface area (TPSA) is 90.1 Å². The second-order valence-corrected chi connectivity index (χ2v) is 8.27. The van der Waals surface area contributed by atoms with Crippen LogP contribution >= 0.6 is 0 Å². The minimum Gasteiger partial charge on any atom is -0.481 e. The van der Waals surface area contributed by atoms with Crippen molar-refractivity contribution in [2.45, 2.75) is 38.5 Å². The highest BCUT2D eigenvalue weighted by atomic mass is 19.1. The number of anilines is 2. The number of fused-ring (bicyclic) bond motifs is 1. The van der Waals surface area contributed by atoms with Gasteiger partial charge in [-0.3, -0.25) is 9.78 Å². The lowest BCUT2D eigenvalue weighted by molar-refractivity contribution is -0.121. The molecular weight excluding hydrogens is 395 g/mol. The van der Waals surface area contributed by atoms with Crippen LogP contribution in [0.4, 0.5) is 15.8 Å². The first kappa shape index (κ1) is 21.0. The van der Waals surface area contributed by atoms with Gasteiger partial charge in [-0.1, -0.05) is 6.92 Å². The number of hydrogen-bond acceptors (Lipinski definition) is 5. The Hall–Kier alpha value is -3.22. The van der Waals surface area contributed by atoms with E-state index in [0.29, 0.717) is 23.2 Å². The molecule has 2 aromatic heterocycles. The highest BCUT2D eigenvalue weighted by Gasteiger charge is 2.30. The van der Waals surface area contributed by atoms with Crippen LogP contribution in [0.25, 0.3) is 10.9 Å². The van der Waals surface area contributed by atoms with Crippen molar-refractivity contribution in [2.75, 3.05) is 18.2 Å². The number of ether oxygens (including phenoxy) is 1. The molecule has 1 fully saturated rings. The number of aromatic nitrogens is 2. The van der Waals surface area contributed by atoms with Gasteiger partial charge in [-0.25, -0.2) is 9.37 Å². The molecule has 3 aromatic rings.